The van der Waals surface area contributed by atoms with Crippen LogP contribution in [0.25, 0.3) is 0 Å². The minimum atomic E-state index is -0.197. The Kier molecular flexibility index (Phi) is 6.15. The molecule has 0 saturated carbocycles. The molecular formula is C16H27N5O2. The molecule has 1 aromatic rings. The van der Waals surface area contributed by atoms with E-state index in [2.05, 4.69) is 28.4 Å². The van der Waals surface area contributed by atoms with E-state index in [1.807, 2.05) is 10.9 Å². The Bertz CT molecular complexity index is 542. The number of hydrogen-bond acceptors (Lipinski definition) is 4. The van der Waals surface area contributed by atoms with Crippen molar-refractivity contribution in [3.63, 3.8) is 0 Å². The van der Waals surface area contributed by atoms with Gasteiger partial charge in [0.1, 0.15) is 0 Å². The van der Waals surface area contributed by atoms with E-state index in [9.17, 15) is 9.59 Å². The van der Waals surface area contributed by atoms with Crippen LogP contribution in [-0.4, -0.2) is 64.6 Å². The normalized spacial score (nSPS) is 19.4. The number of rotatable bonds is 5. The van der Waals surface area contributed by atoms with E-state index in [-0.39, 0.29) is 17.7 Å². The standard InChI is InChI=1S/C16H27N5O2/c1-4-5-21-10-14(8-18-21)9-19-6-7-20(13(2)22)12-15(11-19)16(23)17-3/h8,10,15H,4-7,9,11-12H2,1-3H3,(H,17,23)/t15-/m1/s1. The number of nitrogens with one attached hydrogen (secondary N) is 1. The van der Waals surface area contributed by atoms with Gasteiger partial charge in [-0.2, -0.15) is 5.10 Å². The molecule has 2 amide bonds. The van der Waals surface area contributed by atoms with Gasteiger partial charge < -0.3 is 10.2 Å². The molecule has 7 nitrogen and oxygen atoms in total. The molecule has 1 aromatic heterocycles. The molecule has 0 aliphatic carbocycles. The summed E-state index contributed by atoms with van der Waals surface area (Å²) >= 11 is 0. The molecule has 1 aliphatic heterocycles. The molecule has 7 heteroatoms. The lowest BCUT2D eigenvalue weighted by atomic mass is 10.1. The van der Waals surface area contributed by atoms with Crippen LogP contribution in [0.5, 0.6) is 0 Å². The lowest BCUT2D eigenvalue weighted by Gasteiger charge is -2.22. The highest BCUT2D eigenvalue weighted by Crippen LogP contribution is 2.13. The summed E-state index contributed by atoms with van der Waals surface area (Å²) in [6, 6.07) is 0. The molecule has 1 N–H and O–H groups in total. The highest BCUT2D eigenvalue weighted by atomic mass is 16.2. The SMILES string of the molecule is CCCn1cc(CN2CCN(C(C)=O)C[C@H](C(=O)NC)C2)cn1. The summed E-state index contributed by atoms with van der Waals surface area (Å²) in [5.74, 6) is -0.182. The quantitative estimate of drug-likeness (QED) is 0.848. The number of carbonyl (C=O) groups excluding carboxylic acids is 2. The molecule has 1 fully saturated rings. The van der Waals surface area contributed by atoms with Crippen molar-refractivity contribution in [1.82, 2.24) is 24.9 Å². The van der Waals surface area contributed by atoms with Crippen LogP contribution in [0.2, 0.25) is 0 Å². The van der Waals surface area contributed by atoms with Crippen LogP contribution in [0.3, 0.4) is 0 Å². The third-order valence-corrected chi connectivity index (χ3v) is 4.21. The van der Waals surface area contributed by atoms with Crippen LogP contribution in [0, 0.1) is 5.92 Å². The van der Waals surface area contributed by atoms with Crippen LogP contribution in [0.15, 0.2) is 12.4 Å². The van der Waals surface area contributed by atoms with Gasteiger partial charge in [-0.05, 0) is 6.42 Å². The molecule has 2 rings (SSSR count). The number of nitrogens with zero attached hydrogens (tertiary/aromatic N) is 4. The predicted octanol–water partition coefficient (Wildman–Crippen LogP) is 0.319. The molecular weight excluding hydrogens is 294 g/mol. The highest BCUT2D eigenvalue weighted by molar-refractivity contribution is 5.80. The van der Waals surface area contributed by atoms with Crippen LogP contribution < -0.4 is 5.32 Å². The lowest BCUT2D eigenvalue weighted by molar-refractivity contribution is -0.130. The molecule has 128 valence electrons. The predicted molar refractivity (Wildman–Crippen MR) is 87.6 cm³/mol. The largest absolute Gasteiger partial charge is 0.359 e. The van der Waals surface area contributed by atoms with Gasteiger partial charge >= 0.3 is 0 Å². The number of aromatic nitrogens is 2. The molecule has 1 aliphatic rings. The van der Waals surface area contributed by atoms with E-state index in [1.54, 1.807) is 18.9 Å². The third-order valence-electron chi connectivity index (χ3n) is 4.21. The van der Waals surface area contributed by atoms with E-state index >= 15 is 0 Å². The first-order chi connectivity index (χ1) is 11.0. The Morgan fingerprint density at radius 3 is 2.78 bits per heavy atom. The van der Waals surface area contributed by atoms with Crippen LogP contribution >= 0.6 is 0 Å². The summed E-state index contributed by atoms with van der Waals surface area (Å²) in [7, 11) is 1.64. The molecule has 0 unspecified atom stereocenters. The molecule has 0 spiro atoms. The average molecular weight is 321 g/mol. The maximum absolute atomic E-state index is 12.1. The topological polar surface area (TPSA) is 70.5 Å². The fourth-order valence-corrected chi connectivity index (χ4v) is 2.98. The van der Waals surface area contributed by atoms with E-state index in [4.69, 9.17) is 0 Å². The van der Waals surface area contributed by atoms with Gasteiger partial charge in [0.15, 0.2) is 0 Å². The van der Waals surface area contributed by atoms with Crippen molar-refractivity contribution in [2.24, 2.45) is 5.92 Å². The van der Waals surface area contributed by atoms with Crippen molar-refractivity contribution in [3.05, 3.63) is 18.0 Å². The first kappa shape index (κ1) is 17.5. The fraction of sp³-hybridized carbons (Fsp3) is 0.688. The zero-order chi connectivity index (χ0) is 16.8. The van der Waals surface area contributed by atoms with E-state index in [1.165, 1.54) is 0 Å². The second-order valence-electron chi connectivity index (χ2n) is 6.12. The second kappa shape index (κ2) is 8.10. The summed E-state index contributed by atoms with van der Waals surface area (Å²) in [6.07, 6.45) is 5.00. The Morgan fingerprint density at radius 2 is 2.13 bits per heavy atom. The van der Waals surface area contributed by atoms with E-state index in [0.29, 0.717) is 19.6 Å². The zero-order valence-corrected chi connectivity index (χ0v) is 14.3. The summed E-state index contributed by atoms with van der Waals surface area (Å²) in [4.78, 5) is 27.8. The lowest BCUT2D eigenvalue weighted by Crippen LogP contribution is -2.40. The Hall–Kier alpha value is -1.89. The van der Waals surface area contributed by atoms with Crippen LogP contribution in [-0.2, 0) is 22.7 Å². The monoisotopic (exact) mass is 321 g/mol. The van der Waals surface area contributed by atoms with Gasteiger partial charge in [-0.1, -0.05) is 6.92 Å². The Morgan fingerprint density at radius 1 is 1.35 bits per heavy atom. The molecule has 0 aromatic carbocycles. The van der Waals surface area contributed by atoms with Crippen LogP contribution in [0.4, 0.5) is 0 Å². The Balaban J connectivity index is 2.04. The Labute approximate surface area is 137 Å². The van der Waals surface area contributed by atoms with Gasteiger partial charge in [0.05, 0.1) is 12.1 Å². The van der Waals surface area contributed by atoms with Crippen molar-refractivity contribution in [2.45, 2.75) is 33.4 Å². The van der Waals surface area contributed by atoms with Crippen molar-refractivity contribution in [3.8, 4) is 0 Å². The first-order valence-electron chi connectivity index (χ1n) is 8.24. The van der Waals surface area contributed by atoms with E-state index in [0.717, 1.165) is 31.6 Å². The second-order valence-corrected chi connectivity index (χ2v) is 6.12. The van der Waals surface area contributed by atoms with Crippen LogP contribution in [0.1, 0.15) is 25.8 Å². The molecule has 2 heterocycles. The molecule has 0 bridgehead atoms. The average Bonchev–Trinajstić information content (AvgIpc) is 2.84. The van der Waals surface area contributed by atoms with Crippen molar-refractivity contribution in [1.29, 1.82) is 0 Å². The number of amides is 2. The van der Waals surface area contributed by atoms with Gasteiger partial charge in [0.2, 0.25) is 11.8 Å². The molecule has 1 atom stereocenters. The van der Waals surface area contributed by atoms with Gasteiger partial charge in [0, 0.05) is 65.0 Å². The van der Waals surface area contributed by atoms with Gasteiger partial charge in [-0.15, -0.1) is 0 Å². The number of aryl methyl sites for hydroxylation is 1. The van der Waals surface area contributed by atoms with Crippen molar-refractivity contribution >= 4 is 11.8 Å². The summed E-state index contributed by atoms with van der Waals surface area (Å²) in [6.45, 7) is 7.93. The maximum Gasteiger partial charge on any atom is 0.225 e. The molecule has 1 saturated heterocycles. The first-order valence-corrected chi connectivity index (χ1v) is 8.24. The van der Waals surface area contributed by atoms with E-state index < -0.39 is 0 Å². The molecule has 0 radical (unpaired) electrons. The van der Waals surface area contributed by atoms with Gasteiger partial charge in [-0.3, -0.25) is 19.2 Å². The van der Waals surface area contributed by atoms with Crippen molar-refractivity contribution < 1.29 is 9.59 Å². The fourth-order valence-electron chi connectivity index (χ4n) is 2.98. The number of carbonyl (C=O) groups is 2. The highest BCUT2D eigenvalue weighted by Gasteiger charge is 2.28. The van der Waals surface area contributed by atoms with Crippen molar-refractivity contribution in [2.75, 3.05) is 33.2 Å². The smallest absolute Gasteiger partial charge is 0.225 e. The summed E-state index contributed by atoms with van der Waals surface area (Å²) in [5.41, 5.74) is 1.14. The minimum Gasteiger partial charge on any atom is -0.359 e. The summed E-state index contributed by atoms with van der Waals surface area (Å²) in [5, 5.41) is 7.06. The minimum absolute atomic E-state index is 0.00942. The maximum atomic E-state index is 12.1. The number of hydrogen-bond donors (Lipinski definition) is 1. The van der Waals surface area contributed by atoms with Gasteiger partial charge in [0.25, 0.3) is 0 Å². The summed E-state index contributed by atoms with van der Waals surface area (Å²) < 4.78 is 1.95. The molecule has 23 heavy (non-hydrogen) atoms. The third kappa shape index (κ3) is 4.79. The van der Waals surface area contributed by atoms with Gasteiger partial charge in [-0.25, -0.2) is 0 Å². The zero-order valence-electron chi connectivity index (χ0n) is 14.3.